The number of rotatable bonds is 4. The van der Waals surface area contributed by atoms with E-state index in [4.69, 9.17) is 9.47 Å². The van der Waals surface area contributed by atoms with Gasteiger partial charge in [0.1, 0.15) is 17.2 Å². The molecule has 6 heteroatoms. The van der Waals surface area contributed by atoms with Gasteiger partial charge in [-0.15, -0.1) is 0 Å². The van der Waals surface area contributed by atoms with Crippen molar-refractivity contribution < 1.29 is 18.7 Å². The fourth-order valence-corrected chi connectivity index (χ4v) is 2.33. The molecule has 122 valence electrons. The minimum Gasteiger partial charge on any atom is -0.494 e. The zero-order chi connectivity index (χ0) is 16.3. The summed E-state index contributed by atoms with van der Waals surface area (Å²) in [6, 6.07) is 4.71. The largest absolute Gasteiger partial charge is 0.494 e. The molecular formula is C16H23FN2O3. The highest BCUT2D eigenvalue weighted by atomic mass is 19.1. The Morgan fingerprint density at radius 3 is 2.55 bits per heavy atom. The molecule has 1 aromatic carbocycles. The Balaban J connectivity index is 1.79. The smallest absolute Gasteiger partial charge is 0.407 e. The molecule has 2 N–H and O–H groups in total. The molecule has 1 amide bonds. The Labute approximate surface area is 130 Å². The summed E-state index contributed by atoms with van der Waals surface area (Å²) in [6.07, 6.45) is 1.19. The van der Waals surface area contributed by atoms with Gasteiger partial charge in [0, 0.05) is 18.2 Å². The van der Waals surface area contributed by atoms with Gasteiger partial charge in [0.05, 0.1) is 12.8 Å². The molecule has 0 aliphatic heterocycles. The van der Waals surface area contributed by atoms with Crippen molar-refractivity contribution in [3.8, 4) is 5.75 Å². The Morgan fingerprint density at radius 1 is 1.27 bits per heavy atom. The number of amides is 1. The third kappa shape index (κ3) is 4.51. The molecule has 1 aliphatic rings. The minimum atomic E-state index is -0.493. The van der Waals surface area contributed by atoms with Crippen LogP contribution in [0, 0.1) is 5.82 Å². The monoisotopic (exact) mass is 310 g/mol. The average Bonchev–Trinajstić information content (AvgIpc) is 2.35. The van der Waals surface area contributed by atoms with Crippen LogP contribution in [0.1, 0.15) is 33.6 Å². The number of ether oxygens (including phenoxy) is 2. The van der Waals surface area contributed by atoms with Crippen LogP contribution in [0.4, 0.5) is 14.9 Å². The maximum absolute atomic E-state index is 13.1. The summed E-state index contributed by atoms with van der Waals surface area (Å²) >= 11 is 0. The van der Waals surface area contributed by atoms with Gasteiger partial charge in [-0.1, -0.05) is 0 Å². The highest BCUT2D eigenvalue weighted by Gasteiger charge is 2.32. The number of anilines is 1. The molecular weight excluding hydrogens is 287 g/mol. The van der Waals surface area contributed by atoms with Crippen LogP contribution >= 0.6 is 0 Å². The minimum absolute atomic E-state index is 0.0961. The van der Waals surface area contributed by atoms with Gasteiger partial charge in [0.2, 0.25) is 0 Å². The van der Waals surface area contributed by atoms with Crippen LogP contribution in [0.5, 0.6) is 5.75 Å². The molecule has 0 atom stereocenters. The van der Waals surface area contributed by atoms with E-state index < -0.39 is 11.7 Å². The third-order valence-corrected chi connectivity index (χ3v) is 3.38. The zero-order valence-electron chi connectivity index (χ0n) is 13.4. The SMILES string of the molecule is COc1cc(F)ccc1NC1CC(NC(=O)OC(C)(C)C)C1. The third-order valence-electron chi connectivity index (χ3n) is 3.38. The molecule has 1 aromatic rings. The quantitative estimate of drug-likeness (QED) is 0.896. The first kappa shape index (κ1) is 16.4. The second-order valence-electron chi connectivity index (χ2n) is 6.50. The van der Waals surface area contributed by atoms with Crippen molar-refractivity contribution in [1.82, 2.24) is 5.32 Å². The summed E-state index contributed by atoms with van der Waals surface area (Å²) < 4.78 is 23.5. The normalized spacial score (nSPS) is 20.8. The van der Waals surface area contributed by atoms with Crippen LogP contribution in [-0.4, -0.2) is 30.9 Å². The summed E-state index contributed by atoms with van der Waals surface area (Å²) in [7, 11) is 1.51. The van der Waals surface area contributed by atoms with E-state index in [1.54, 1.807) is 6.07 Å². The summed E-state index contributed by atoms with van der Waals surface area (Å²) in [5, 5.41) is 6.13. The number of hydrogen-bond donors (Lipinski definition) is 2. The van der Waals surface area contributed by atoms with Gasteiger partial charge in [-0.2, -0.15) is 0 Å². The van der Waals surface area contributed by atoms with Crippen LogP contribution in [0.15, 0.2) is 18.2 Å². The van der Waals surface area contributed by atoms with Gasteiger partial charge < -0.3 is 20.1 Å². The van der Waals surface area contributed by atoms with Crippen molar-refractivity contribution >= 4 is 11.8 Å². The van der Waals surface area contributed by atoms with E-state index in [1.165, 1.54) is 19.2 Å². The van der Waals surface area contributed by atoms with E-state index in [9.17, 15) is 9.18 Å². The maximum atomic E-state index is 13.1. The van der Waals surface area contributed by atoms with Crippen molar-refractivity contribution in [2.24, 2.45) is 0 Å². The fourth-order valence-electron chi connectivity index (χ4n) is 2.33. The lowest BCUT2D eigenvalue weighted by atomic mass is 9.86. The maximum Gasteiger partial charge on any atom is 0.407 e. The van der Waals surface area contributed by atoms with Crippen molar-refractivity contribution in [3.63, 3.8) is 0 Å². The van der Waals surface area contributed by atoms with Crippen molar-refractivity contribution in [2.45, 2.75) is 51.3 Å². The van der Waals surface area contributed by atoms with Gasteiger partial charge in [-0.05, 0) is 45.7 Å². The molecule has 0 heterocycles. The second-order valence-corrected chi connectivity index (χ2v) is 6.50. The predicted octanol–water partition coefficient (Wildman–Crippen LogP) is 3.30. The Kier molecular flexibility index (Phi) is 4.78. The lowest BCUT2D eigenvalue weighted by Crippen LogP contribution is -2.50. The van der Waals surface area contributed by atoms with Crippen LogP contribution in [0.25, 0.3) is 0 Å². The molecule has 0 aromatic heterocycles. The van der Waals surface area contributed by atoms with Gasteiger partial charge in [-0.25, -0.2) is 9.18 Å². The molecule has 1 saturated carbocycles. The van der Waals surface area contributed by atoms with Crippen LogP contribution < -0.4 is 15.4 Å². The van der Waals surface area contributed by atoms with E-state index in [-0.39, 0.29) is 17.9 Å². The number of benzene rings is 1. The van der Waals surface area contributed by atoms with E-state index in [0.717, 1.165) is 18.5 Å². The topological polar surface area (TPSA) is 59.6 Å². The van der Waals surface area contributed by atoms with E-state index in [2.05, 4.69) is 10.6 Å². The summed E-state index contributed by atoms with van der Waals surface area (Å²) in [6.45, 7) is 5.50. The molecule has 0 radical (unpaired) electrons. The van der Waals surface area contributed by atoms with Gasteiger partial charge >= 0.3 is 6.09 Å². The van der Waals surface area contributed by atoms with E-state index in [0.29, 0.717) is 5.75 Å². The number of alkyl carbamates (subject to hydrolysis) is 1. The highest BCUT2D eigenvalue weighted by Crippen LogP contribution is 2.30. The molecule has 1 aliphatic carbocycles. The van der Waals surface area contributed by atoms with Crippen LogP contribution in [0.3, 0.4) is 0 Å². The van der Waals surface area contributed by atoms with Gasteiger partial charge in [-0.3, -0.25) is 0 Å². The molecule has 0 saturated heterocycles. The summed E-state index contributed by atoms with van der Waals surface area (Å²) in [4.78, 5) is 11.6. The lowest BCUT2D eigenvalue weighted by Gasteiger charge is -2.37. The van der Waals surface area contributed by atoms with Crippen molar-refractivity contribution in [3.05, 3.63) is 24.0 Å². The first-order valence-electron chi connectivity index (χ1n) is 7.36. The second kappa shape index (κ2) is 6.42. The highest BCUT2D eigenvalue weighted by molar-refractivity contribution is 5.68. The van der Waals surface area contributed by atoms with E-state index in [1.807, 2.05) is 20.8 Å². The number of nitrogens with one attached hydrogen (secondary N) is 2. The molecule has 0 unspecified atom stereocenters. The van der Waals surface area contributed by atoms with Crippen LogP contribution in [-0.2, 0) is 4.74 Å². The zero-order valence-corrected chi connectivity index (χ0v) is 13.4. The first-order chi connectivity index (χ1) is 10.3. The van der Waals surface area contributed by atoms with Crippen molar-refractivity contribution in [1.29, 1.82) is 0 Å². The standard InChI is InChI=1S/C16H23FN2O3/c1-16(2,3)22-15(20)19-12-8-11(9-12)18-13-6-5-10(17)7-14(13)21-4/h5-7,11-12,18H,8-9H2,1-4H3,(H,19,20). The molecule has 5 nitrogen and oxygen atoms in total. The number of carbonyl (C=O) groups is 1. The number of carbonyl (C=O) groups excluding carboxylic acids is 1. The first-order valence-corrected chi connectivity index (χ1v) is 7.36. The lowest BCUT2D eigenvalue weighted by molar-refractivity contribution is 0.0475. The molecule has 22 heavy (non-hydrogen) atoms. The van der Waals surface area contributed by atoms with Gasteiger partial charge in [0.15, 0.2) is 0 Å². The molecule has 0 spiro atoms. The summed E-state index contributed by atoms with van der Waals surface area (Å²) in [5.74, 6) is 0.143. The fraction of sp³-hybridized carbons (Fsp3) is 0.562. The predicted molar refractivity (Wildman–Crippen MR) is 82.8 cm³/mol. The Morgan fingerprint density at radius 2 is 1.95 bits per heavy atom. The number of halogens is 1. The van der Waals surface area contributed by atoms with Crippen LogP contribution in [0.2, 0.25) is 0 Å². The molecule has 0 bridgehead atoms. The van der Waals surface area contributed by atoms with Crippen molar-refractivity contribution in [2.75, 3.05) is 12.4 Å². The Bertz CT molecular complexity index is 537. The number of hydrogen-bond acceptors (Lipinski definition) is 4. The van der Waals surface area contributed by atoms with Gasteiger partial charge in [0.25, 0.3) is 0 Å². The Hall–Kier alpha value is -1.98. The van der Waals surface area contributed by atoms with E-state index >= 15 is 0 Å². The molecule has 2 rings (SSSR count). The number of methoxy groups -OCH3 is 1. The average molecular weight is 310 g/mol. The molecule has 1 fully saturated rings. The summed E-state index contributed by atoms with van der Waals surface area (Å²) in [5.41, 5.74) is 0.261.